The van der Waals surface area contributed by atoms with Crippen molar-refractivity contribution in [3.63, 3.8) is 0 Å². The quantitative estimate of drug-likeness (QED) is 0.884. The highest BCUT2D eigenvalue weighted by atomic mass is 19.1. The van der Waals surface area contributed by atoms with Gasteiger partial charge in [-0.25, -0.2) is 9.18 Å². The highest BCUT2D eigenvalue weighted by Gasteiger charge is 2.25. The molecular weight excluding hydrogens is 323 g/mol. The number of halogens is 1. The van der Waals surface area contributed by atoms with Gasteiger partial charge in [-0.15, -0.1) is 0 Å². The number of amides is 1. The lowest BCUT2D eigenvalue weighted by molar-refractivity contribution is 0.0508. The molecule has 1 aromatic heterocycles. The first-order valence-corrected chi connectivity index (χ1v) is 8.67. The van der Waals surface area contributed by atoms with E-state index >= 15 is 0 Å². The molecule has 1 aliphatic heterocycles. The van der Waals surface area contributed by atoms with E-state index in [2.05, 4.69) is 9.88 Å². The summed E-state index contributed by atoms with van der Waals surface area (Å²) in [4.78, 5) is 12.0. The van der Waals surface area contributed by atoms with E-state index in [0.717, 1.165) is 41.5 Å². The van der Waals surface area contributed by atoms with Gasteiger partial charge in [0.05, 0.1) is 5.52 Å². The highest BCUT2D eigenvalue weighted by Crippen LogP contribution is 2.35. The third kappa shape index (κ3) is 3.57. The number of alkyl carbamates (subject to hydrolysis) is 1. The third-order valence-electron chi connectivity index (χ3n) is 4.42. The van der Waals surface area contributed by atoms with Crippen LogP contribution >= 0.6 is 0 Å². The monoisotopic (exact) mass is 348 g/mol. The van der Waals surface area contributed by atoms with Crippen LogP contribution in [0.4, 0.5) is 9.18 Å². The van der Waals surface area contributed by atoms with Crippen molar-refractivity contribution in [2.45, 2.75) is 65.1 Å². The number of nitrogens with one attached hydrogen (secondary N) is 1. The van der Waals surface area contributed by atoms with Gasteiger partial charge in [0.1, 0.15) is 5.60 Å². The molecule has 0 aliphatic carbocycles. The van der Waals surface area contributed by atoms with Crippen molar-refractivity contribution < 1.29 is 19.0 Å². The Labute approximate surface area is 146 Å². The topological polar surface area (TPSA) is 63.5 Å². The molecule has 25 heavy (non-hydrogen) atoms. The normalized spacial score (nSPS) is 15.2. The van der Waals surface area contributed by atoms with Crippen LogP contribution in [0.5, 0.6) is 5.75 Å². The highest BCUT2D eigenvalue weighted by molar-refractivity contribution is 5.87. The molecule has 136 valence electrons. The van der Waals surface area contributed by atoms with Crippen LogP contribution in [0.3, 0.4) is 0 Å². The number of aryl methyl sites for hydroxylation is 1. The molecule has 0 radical (unpaired) electrons. The number of aromatic hydroxyl groups is 1. The maximum Gasteiger partial charge on any atom is 0.407 e. The third-order valence-corrected chi connectivity index (χ3v) is 4.42. The molecule has 5 nitrogen and oxygen atoms in total. The van der Waals surface area contributed by atoms with Crippen molar-refractivity contribution in [2.24, 2.45) is 0 Å². The number of nitrogens with zero attached hydrogens (tertiary/aromatic N) is 1. The van der Waals surface area contributed by atoms with Crippen molar-refractivity contribution >= 4 is 17.0 Å². The fourth-order valence-corrected chi connectivity index (χ4v) is 3.52. The summed E-state index contributed by atoms with van der Waals surface area (Å²) in [5.41, 5.74) is 2.49. The Hall–Kier alpha value is -2.24. The number of hydrogen-bond donors (Lipinski definition) is 2. The first-order valence-electron chi connectivity index (χ1n) is 8.67. The molecule has 0 spiro atoms. The van der Waals surface area contributed by atoms with Gasteiger partial charge in [0.15, 0.2) is 11.6 Å². The smallest absolute Gasteiger partial charge is 0.407 e. The van der Waals surface area contributed by atoms with Crippen molar-refractivity contribution in [2.75, 3.05) is 0 Å². The Morgan fingerprint density at radius 1 is 1.44 bits per heavy atom. The predicted octanol–water partition coefficient (Wildman–Crippen LogP) is 3.89. The number of phenols is 1. The lowest BCUT2D eigenvalue weighted by Crippen LogP contribution is -2.38. The zero-order valence-electron chi connectivity index (χ0n) is 15.1. The van der Waals surface area contributed by atoms with Crippen LogP contribution in [-0.2, 0) is 24.1 Å². The van der Waals surface area contributed by atoms with Gasteiger partial charge in [-0.05, 0) is 58.6 Å². The molecule has 1 aliphatic rings. The number of hydrogen-bond acceptors (Lipinski definition) is 3. The molecule has 0 fully saturated rings. The molecule has 2 aromatic rings. The number of benzene rings is 1. The molecule has 1 atom stereocenters. The second-order valence-electron chi connectivity index (χ2n) is 7.75. The van der Waals surface area contributed by atoms with Crippen LogP contribution < -0.4 is 5.32 Å². The molecule has 1 unspecified atom stereocenters. The van der Waals surface area contributed by atoms with Crippen molar-refractivity contribution in [3.05, 3.63) is 29.2 Å². The average Bonchev–Trinajstić information content (AvgIpc) is 3.02. The van der Waals surface area contributed by atoms with Crippen molar-refractivity contribution in [1.29, 1.82) is 0 Å². The van der Waals surface area contributed by atoms with Crippen LogP contribution in [0.25, 0.3) is 10.9 Å². The summed E-state index contributed by atoms with van der Waals surface area (Å²) >= 11 is 0. The SMILES string of the molecule is CC(Cc1c2n(c3cc(F)c(O)cc13)CCC2)NC(=O)OC(C)(C)C. The summed E-state index contributed by atoms with van der Waals surface area (Å²) in [6, 6.07) is 2.75. The molecule has 0 saturated heterocycles. The fraction of sp³-hybridized carbons (Fsp3) is 0.526. The van der Waals surface area contributed by atoms with E-state index in [9.17, 15) is 14.3 Å². The summed E-state index contributed by atoms with van der Waals surface area (Å²) < 4.78 is 21.2. The minimum Gasteiger partial charge on any atom is -0.505 e. The summed E-state index contributed by atoms with van der Waals surface area (Å²) in [6.07, 6.45) is 2.10. The Morgan fingerprint density at radius 2 is 2.16 bits per heavy atom. The Bertz CT molecular complexity index is 820. The average molecular weight is 348 g/mol. The number of carbonyl (C=O) groups is 1. The summed E-state index contributed by atoms with van der Waals surface area (Å²) in [7, 11) is 0. The second kappa shape index (κ2) is 6.24. The molecule has 2 N–H and O–H groups in total. The van der Waals surface area contributed by atoms with E-state index in [4.69, 9.17) is 4.74 Å². The number of aromatic nitrogens is 1. The Balaban J connectivity index is 1.86. The fourth-order valence-electron chi connectivity index (χ4n) is 3.52. The van der Waals surface area contributed by atoms with Crippen LogP contribution in [-0.4, -0.2) is 27.4 Å². The van der Waals surface area contributed by atoms with Crippen LogP contribution in [0.2, 0.25) is 0 Å². The van der Waals surface area contributed by atoms with Gasteiger partial charge in [-0.1, -0.05) is 0 Å². The van der Waals surface area contributed by atoms with Crippen molar-refractivity contribution in [1.82, 2.24) is 9.88 Å². The minimum atomic E-state index is -0.605. The maximum absolute atomic E-state index is 13.8. The van der Waals surface area contributed by atoms with Gasteiger partial charge >= 0.3 is 6.09 Å². The van der Waals surface area contributed by atoms with E-state index in [1.165, 1.54) is 12.1 Å². The van der Waals surface area contributed by atoms with Gasteiger partial charge in [0, 0.05) is 29.7 Å². The lowest BCUT2D eigenvalue weighted by atomic mass is 10.0. The van der Waals surface area contributed by atoms with Gasteiger partial charge < -0.3 is 19.7 Å². The Kier molecular flexibility index (Phi) is 4.39. The summed E-state index contributed by atoms with van der Waals surface area (Å²) in [5, 5.41) is 13.5. The van der Waals surface area contributed by atoms with E-state index in [1.54, 1.807) is 0 Å². The number of carbonyl (C=O) groups excluding carboxylic acids is 1. The van der Waals surface area contributed by atoms with Crippen LogP contribution in [0.1, 0.15) is 45.4 Å². The number of rotatable bonds is 3. The zero-order chi connectivity index (χ0) is 18.4. The molecule has 0 saturated carbocycles. The summed E-state index contributed by atoms with van der Waals surface area (Å²) in [6.45, 7) is 8.23. The second-order valence-corrected chi connectivity index (χ2v) is 7.75. The van der Waals surface area contributed by atoms with Crippen LogP contribution in [0, 0.1) is 5.82 Å². The van der Waals surface area contributed by atoms with Crippen LogP contribution in [0.15, 0.2) is 12.1 Å². The molecule has 0 bridgehead atoms. The Morgan fingerprint density at radius 3 is 2.84 bits per heavy atom. The van der Waals surface area contributed by atoms with Gasteiger partial charge in [-0.2, -0.15) is 0 Å². The molecular formula is C19H25FN2O3. The number of fused-ring (bicyclic) bond motifs is 3. The zero-order valence-corrected chi connectivity index (χ0v) is 15.1. The molecule has 6 heteroatoms. The first-order chi connectivity index (χ1) is 11.7. The van der Waals surface area contributed by atoms with Crippen molar-refractivity contribution in [3.8, 4) is 5.75 Å². The standard InChI is InChI=1S/C19H25FN2O3/c1-11(21-18(24)25-19(2,3)4)8-12-13-9-17(23)14(20)10-16(13)22-7-5-6-15(12)22/h9-11,23H,5-8H2,1-4H3,(H,21,24). The molecule has 2 heterocycles. The van der Waals surface area contributed by atoms with E-state index in [0.29, 0.717) is 6.42 Å². The predicted molar refractivity (Wildman–Crippen MR) is 94.4 cm³/mol. The number of phenolic OH excluding ortho intramolecular Hbond substituents is 1. The minimum absolute atomic E-state index is 0.141. The van der Waals surface area contributed by atoms with E-state index in [-0.39, 0.29) is 11.8 Å². The molecule has 3 rings (SSSR count). The number of ether oxygens (including phenoxy) is 1. The lowest BCUT2D eigenvalue weighted by Gasteiger charge is -2.22. The summed E-state index contributed by atoms with van der Waals surface area (Å²) in [5.74, 6) is -0.947. The molecule has 1 amide bonds. The largest absolute Gasteiger partial charge is 0.505 e. The van der Waals surface area contributed by atoms with Gasteiger partial charge in [-0.3, -0.25) is 0 Å². The van der Waals surface area contributed by atoms with E-state index in [1.807, 2.05) is 27.7 Å². The maximum atomic E-state index is 13.8. The van der Waals surface area contributed by atoms with E-state index < -0.39 is 17.5 Å². The molecule has 1 aromatic carbocycles. The van der Waals surface area contributed by atoms with Gasteiger partial charge in [0.25, 0.3) is 0 Å². The van der Waals surface area contributed by atoms with Gasteiger partial charge in [0.2, 0.25) is 0 Å². The first kappa shape index (κ1) is 17.6.